The molecule has 138 valence electrons. The molecule has 2 aliphatic heterocycles. The first-order chi connectivity index (χ1) is 11.9. The molecule has 3 heterocycles. The highest BCUT2D eigenvalue weighted by atomic mass is 79.9. The summed E-state index contributed by atoms with van der Waals surface area (Å²) in [7, 11) is -3.74. The number of carbonyl (C=O) groups is 2. The van der Waals surface area contributed by atoms with E-state index < -0.39 is 16.1 Å². The van der Waals surface area contributed by atoms with Gasteiger partial charge < -0.3 is 9.80 Å². The Kier molecular flexibility index (Phi) is 5.81. The van der Waals surface area contributed by atoms with Crippen LogP contribution < -0.4 is 4.72 Å². The van der Waals surface area contributed by atoms with E-state index in [2.05, 4.69) is 20.7 Å². The zero-order chi connectivity index (χ0) is 18.0. The van der Waals surface area contributed by atoms with Crippen LogP contribution in [-0.2, 0) is 19.6 Å². The molecule has 1 aromatic heterocycles. The Labute approximate surface area is 159 Å². The van der Waals surface area contributed by atoms with E-state index in [0.717, 1.165) is 37.3 Å². The minimum atomic E-state index is -3.74. The number of likely N-dealkylation sites (tertiary alicyclic amines) is 2. The maximum absolute atomic E-state index is 12.6. The van der Waals surface area contributed by atoms with E-state index in [1.165, 1.54) is 11.0 Å². The van der Waals surface area contributed by atoms with Crippen molar-refractivity contribution in [2.24, 2.45) is 0 Å². The summed E-state index contributed by atoms with van der Waals surface area (Å²) in [4.78, 5) is 28.1. The van der Waals surface area contributed by atoms with Gasteiger partial charge in [0.25, 0.3) is 10.0 Å². The SMILES string of the molecule is O=C(CN1CCCC(NS(=O)(=O)c2ccc(Br)s2)C1=O)N1CCCC1. The number of piperidine rings is 1. The number of halogens is 1. The minimum Gasteiger partial charge on any atom is -0.341 e. The molecule has 7 nitrogen and oxygen atoms in total. The molecule has 1 N–H and O–H groups in total. The van der Waals surface area contributed by atoms with Crippen molar-refractivity contribution >= 4 is 49.1 Å². The summed E-state index contributed by atoms with van der Waals surface area (Å²) in [5.74, 6) is -0.380. The normalized spacial score (nSPS) is 21.8. The van der Waals surface area contributed by atoms with Crippen molar-refractivity contribution in [2.75, 3.05) is 26.2 Å². The van der Waals surface area contributed by atoms with Crippen molar-refractivity contribution in [3.05, 3.63) is 15.9 Å². The number of thiophene rings is 1. The standard InChI is InChI=1S/C15H20BrN3O4S2/c16-12-5-6-14(24-12)25(22,23)17-11-4-3-9-19(15(11)21)10-13(20)18-7-1-2-8-18/h5-6,11,17H,1-4,7-10H2. The molecule has 1 aromatic rings. The van der Waals surface area contributed by atoms with Gasteiger partial charge in [-0.05, 0) is 53.7 Å². The molecule has 2 aliphatic rings. The summed E-state index contributed by atoms with van der Waals surface area (Å²) in [5.41, 5.74) is 0. The Morgan fingerprint density at radius 2 is 1.96 bits per heavy atom. The average molecular weight is 450 g/mol. The molecule has 2 fully saturated rings. The number of rotatable bonds is 5. The van der Waals surface area contributed by atoms with E-state index >= 15 is 0 Å². The number of nitrogens with one attached hydrogen (secondary N) is 1. The third-order valence-electron chi connectivity index (χ3n) is 4.43. The fourth-order valence-corrected chi connectivity index (χ4v) is 6.37. The van der Waals surface area contributed by atoms with Gasteiger partial charge in [0.2, 0.25) is 11.8 Å². The highest BCUT2D eigenvalue weighted by molar-refractivity contribution is 9.11. The van der Waals surface area contributed by atoms with Crippen LogP contribution in [0.1, 0.15) is 25.7 Å². The molecule has 0 aromatic carbocycles. The predicted molar refractivity (Wildman–Crippen MR) is 97.8 cm³/mol. The Balaban J connectivity index is 1.64. The fourth-order valence-electron chi connectivity index (χ4n) is 3.12. The third kappa shape index (κ3) is 4.42. The van der Waals surface area contributed by atoms with E-state index in [0.29, 0.717) is 23.2 Å². The molecule has 0 aliphatic carbocycles. The molecule has 0 saturated carbocycles. The van der Waals surface area contributed by atoms with Gasteiger partial charge in [0, 0.05) is 19.6 Å². The monoisotopic (exact) mass is 449 g/mol. The summed E-state index contributed by atoms with van der Waals surface area (Å²) in [6, 6.07) is 2.34. The molecule has 3 rings (SSSR count). The first-order valence-electron chi connectivity index (χ1n) is 8.21. The van der Waals surface area contributed by atoms with Gasteiger partial charge in [-0.3, -0.25) is 9.59 Å². The van der Waals surface area contributed by atoms with E-state index in [4.69, 9.17) is 0 Å². The number of hydrogen-bond acceptors (Lipinski definition) is 5. The summed E-state index contributed by atoms with van der Waals surface area (Å²) in [5, 5.41) is 0. The molecule has 0 spiro atoms. The summed E-state index contributed by atoms with van der Waals surface area (Å²) < 4.78 is 28.2. The molecule has 1 atom stereocenters. The molecular weight excluding hydrogens is 430 g/mol. The highest BCUT2D eigenvalue weighted by Gasteiger charge is 2.34. The van der Waals surface area contributed by atoms with Gasteiger partial charge in [-0.1, -0.05) is 0 Å². The molecular formula is C15H20BrN3O4S2. The van der Waals surface area contributed by atoms with Gasteiger partial charge in [0.1, 0.15) is 10.3 Å². The van der Waals surface area contributed by atoms with Crippen molar-refractivity contribution in [1.29, 1.82) is 0 Å². The van der Waals surface area contributed by atoms with Crippen LogP contribution in [0.4, 0.5) is 0 Å². The lowest BCUT2D eigenvalue weighted by Crippen LogP contribution is -2.54. The summed E-state index contributed by atoms with van der Waals surface area (Å²) >= 11 is 4.33. The lowest BCUT2D eigenvalue weighted by molar-refractivity contribution is -0.142. The zero-order valence-electron chi connectivity index (χ0n) is 13.6. The Morgan fingerprint density at radius 1 is 1.24 bits per heavy atom. The first-order valence-corrected chi connectivity index (χ1v) is 11.3. The molecule has 2 saturated heterocycles. The average Bonchev–Trinajstić information content (AvgIpc) is 3.22. The third-order valence-corrected chi connectivity index (χ3v) is 8.01. The molecule has 1 unspecified atom stereocenters. The van der Waals surface area contributed by atoms with Crippen LogP contribution >= 0.6 is 27.3 Å². The number of sulfonamides is 1. The largest absolute Gasteiger partial charge is 0.341 e. The van der Waals surface area contributed by atoms with E-state index in [-0.39, 0.29) is 22.6 Å². The molecule has 10 heteroatoms. The molecule has 0 radical (unpaired) electrons. The number of carbonyl (C=O) groups excluding carboxylic acids is 2. The highest BCUT2D eigenvalue weighted by Crippen LogP contribution is 2.26. The molecule has 0 bridgehead atoms. The predicted octanol–water partition coefficient (Wildman–Crippen LogP) is 1.40. The maximum Gasteiger partial charge on any atom is 0.250 e. The lowest BCUT2D eigenvalue weighted by Gasteiger charge is -2.33. The van der Waals surface area contributed by atoms with Crippen LogP contribution in [0.25, 0.3) is 0 Å². The van der Waals surface area contributed by atoms with Gasteiger partial charge in [-0.25, -0.2) is 8.42 Å². The second-order valence-corrected chi connectivity index (χ2v) is 10.6. The number of nitrogens with zero attached hydrogens (tertiary/aromatic N) is 2. The fraction of sp³-hybridized carbons (Fsp3) is 0.600. The van der Waals surface area contributed by atoms with Crippen LogP contribution in [0.5, 0.6) is 0 Å². The zero-order valence-corrected chi connectivity index (χ0v) is 16.8. The van der Waals surface area contributed by atoms with Crippen molar-refractivity contribution in [3.8, 4) is 0 Å². The van der Waals surface area contributed by atoms with E-state index in [9.17, 15) is 18.0 Å². The Bertz CT molecular complexity index is 759. The van der Waals surface area contributed by atoms with Crippen LogP contribution in [0, 0.1) is 0 Å². The van der Waals surface area contributed by atoms with Crippen LogP contribution in [-0.4, -0.2) is 62.3 Å². The van der Waals surface area contributed by atoms with Crippen LogP contribution in [0.3, 0.4) is 0 Å². The lowest BCUT2D eigenvalue weighted by atomic mass is 10.1. The van der Waals surface area contributed by atoms with Gasteiger partial charge in [-0.15, -0.1) is 11.3 Å². The van der Waals surface area contributed by atoms with Crippen LogP contribution in [0.2, 0.25) is 0 Å². The minimum absolute atomic E-state index is 0.0294. The smallest absolute Gasteiger partial charge is 0.250 e. The second kappa shape index (κ2) is 7.73. The van der Waals surface area contributed by atoms with Crippen molar-refractivity contribution in [2.45, 2.75) is 35.9 Å². The topological polar surface area (TPSA) is 86.8 Å². The van der Waals surface area contributed by atoms with E-state index in [1.54, 1.807) is 11.0 Å². The molecule has 25 heavy (non-hydrogen) atoms. The van der Waals surface area contributed by atoms with Crippen LogP contribution in [0.15, 0.2) is 20.1 Å². The number of hydrogen-bond donors (Lipinski definition) is 1. The van der Waals surface area contributed by atoms with Gasteiger partial charge in [0.15, 0.2) is 0 Å². The summed E-state index contributed by atoms with van der Waals surface area (Å²) in [6.07, 6.45) is 3.11. The van der Waals surface area contributed by atoms with Crippen molar-refractivity contribution in [1.82, 2.24) is 14.5 Å². The Hall–Kier alpha value is -0.970. The number of amides is 2. The maximum atomic E-state index is 12.6. The first kappa shape index (κ1) is 18.8. The van der Waals surface area contributed by atoms with Gasteiger partial charge >= 0.3 is 0 Å². The quantitative estimate of drug-likeness (QED) is 0.735. The van der Waals surface area contributed by atoms with Crippen molar-refractivity contribution < 1.29 is 18.0 Å². The second-order valence-electron chi connectivity index (χ2n) is 6.22. The van der Waals surface area contributed by atoms with Gasteiger partial charge in [0.05, 0.1) is 10.3 Å². The molecule has 2 amide bonds. The summed E-state index contributed by atoms with van der Waals surface area (Å²) in [6.45, 7) is 2.00. The van der Waals surface area contributed by atoms with Crippen molar-refractivity contribution in [3.63, 3.8) is 0 Å². The Morgan fingerprint density at radius 3 is 2.60 bits per heavy atom. The van der Waals surface area contributed by atoms with Gasteiger partial charge in [-0.2, -0.15) is 4.72 Å². The van der Waals surface area contributed by atoms with E-state index in [1.807, 2.05) is 0 Å².